The van der Waals surface area contributed by atoms with E-state index in [0.29, 0.717) is 23.3 Å². The third kappa shape index (κ3) is 8.32. The Morgan fingerprint density at radius 2 is 1.59 bits per heavy atom. The van der Waals surface area contributed by atoms with E-state index in [1.165, 1.54) is 0 Å². The fraction of sp³-hybridized carbons (Fsp3) is 0.214. The van der Waals surface area contributed by atoms with Crippen molar-refractivity contribution in [3.05, 3.63) is 77.6 Å². The summed E-state index contributed by atoms with van der Waals surface area (Å²) >= 11 is 0. The molecule has 4 rings (SSSR count). The number of aliphatic carboxylic acids is 2. The van der Waals surface area contributed by atoms with Crippen molar-refractivity contribution in [2.75, 3.05) is 23.4 Å². The van der Waals surface area contributed by atoms with E-state index in [-0.39, 0.29) is 34.9 Å². The van der Waals surface area contributed by atoms with Crippen molar-refractivity contribution < 1.29 is 34.9 Å². The zero-order chi connectivity index (χ0) is 31.1. The molecule has 16 nitrogen and oxygen atoms in total. The second kappa shape index (κ2) is 14.3. The molecule has 0 saturated carbocycles. The lowest BCUT2D eigenvalue weighted by Crippen LogP contribution is -2.53. The van der Waals surface area contributed by atoms with Gasteiger partial charge in [0.1, 0.15) is 12.1 Å². The summed E-state index contributed by atoms with van der Waals surface area (Å²) in [6, 6.07) is 12.5. The Morgan fingerprint density at radius 1 is 0.909 bits per heavy atom. The van der Waals surface area contributed by atoms with E-state index in [0.717, 1.165) is 5.69 Å². The smallest absolute Gasteiger partial charge is 0.326 e. The van der Waals surface area contributed by atoms with Gasteiger partial charge in [0.05, 0.1) is 24.9 Å². The molecule has 2 atom stereocenters. The molecule has 2 aromatic heterocycles. The maximum atomic E-state index is 13.1. The molecule has 2 amide bonds. The summed E-state index contributed by atoms with van der Waals surface area (Å²) in [6.07, 6.45) is 0.784. The Hall–Kier alpha value is -5.90. The number of carboxylic acids is 2. The Morgan fingerprint density at radius 3 is 2.23 bits per heavy atom. The van der Waals surface area contributed by atoms with Gasteiger partial charge in [0, 0.05) is 24.7 Å². The molecule has 44 heavy (non-hydrogen) atoms. The zero-order valence-corrected chi connectivity index (χ0v) is 23.5. The molecular formula is C28H31N9O7. The number of nitrogen functional groups attached to an aromatic ring is 2. The number of nitrogens with two attached hydrogens (primary N) is 2. The molecule has 0 fully saturated rings. The standard InChI is InChI=1S/C28H29N9O6.H2O/c1-37(14-17-13-31-24-22(32-17)23(29)35-28(30)36-24)18-9-7-16(8-10-18)25(40)33-19(11-15-5-3-2-4-6-15)26(41)34-20(27(42)43)12-21(38)39;/h2-10,13,19-20H,11-12,14H2,1H3,(H,33,40)(H,34,41)(H,38,39)(H,42,43)(H4,29,30,31,35,36);1H2/t19-,20?;/m0./s1. The van der Waals surface area contributed by atoms with Crippen LogP contribution in [0, 0.1) is 0 Å². The van der Waals surface area contributed by atoms with Gasteiger partial charge in [-0.1, -0.05) is 30.3 Å². The predicted molar refractivity (Wildman–Crippen MR) is 159 cm³/mol. The van der Waals surface area contributed by atoms with E-state index in [2.05, 4.69) is 30.6 Å². The first-order chi connectivity index (χ1) is 20.5. The number of fused-ring (bicyclic) bond motifs is 1. The zero-order valence-electron chi connectivity index (χ0n) is 23.5. The van der Waals surface area contributed by atoms with Crippen LogP contribution in [0.4, 0.5) is 17.5 Å². The van der Waals surface area contributed by atoms with E-state index in [1.807, 2.05) is 11.9 Å². The average molecular weight is 606 g/mol. The summed E-state index contributed by atoms with van der Waals surface area (Å²) in [5, 5.41) is 23.2. The van der Waals surface area contributed by atoms with Gasteiger partial charge in [0.25, 0.3) is 5.91 Å². The first-order valence-electron chi connectivity index (χ1n) is 13.0. The molecule has 0 aliphatic carbocycles. The molecule has 4 aromatic rings. The van der Waals surface area contributed by atoms with Gasteiger partial charge in [-0.05, 0) is 29.8 Å². The van der Waals surface area contributed by atoms with Crippen molar-refractivity contribution in [1.29, 1.82) is 0 Å². The lowest BCUT2D eigenvalue weighted by molar-refractivity contribution is -0.147. The molecule has 16 heteroatoms. The minimum absolute atomic E-state index is 0. The highest BCUT2D eigenvalue weighted by Crippen LogP contribution is 2.19. The van der Waals surface area contributed by atoms with Crippen LogP contribution in [0.1, 0.15) is 28.0 Å². The van der Waals surface area contributed by atoms with Crippen LogP contribution in [0.25, 0.3) is 11.2 Å². The molecule has 0 spiro atoms. The van der Waals surface area contributed by atoms with Crippen molar-refractivity contribution in [3.63, 3.8) is 0 Å². The van der Waals surface area contributed by atoms with Gasteiger partial charge >= 0.3 is 11.9 Å². The molecule has 2 heterocycles. The lowest BCUT2D eigenvalue weighted by atomic mass is 10.0. The highest BCUT2D eigenvalue weighted by atomic mass is 16.4. The Labute approximate surface area is 250 Å². The van der Waals surface area contributed by atoms with Crippen LogP contribution in [0.3, 0.4) is 0 Å². The summed E-state index contributed by atoms with van der Waals surface area (Å²) in [6.45, 7) is 0.346. The van der Waals surface area contributed by atoms with Crippen LogP contribution in [0.5, 0.6) is 0 Å². The van der Waals surface area contributed by atoms with Gasteiger partial charge in [0.15, 0.2) is 17.0 Å². The average Bonchev–Trinajstić information content (AvgIpc) is 2.97. The first-order valence-corrected chi connectivity index (χ1v) is 13.0. The molecule has 10 N–H and O–H groups in total. The highest BCUT2D eigenvalue weighted by molar-refractivity contribution is 5.98. The van der Waals surface area contributed by atoms with E-state index < -0.39 is 42.3 Å². The maximum absolute atomic E-state index is 13.1. The van der Waals surface area contributed by atoms with Crippen LogP contribution >= 0.6 is 0 Å². The topological polar surface area (TPSA) is 271 Å². The molecule has 0 aliphatic heterocycles. The number of anilines is 3. The molecule has 2 aromatic carbocycles. The van der Waals surface area contributed by atoms with E-state index in [9.17, 15) is 24.3 Å². The highest BCUT2D eigenvalue weighted by Gasteiger charge is 2.28. The Kier molecular flexibility index (Phi) is 10.6. The van der Waals surface area contributed by atoms with E-state index >= 15 is 0 Å². The number of carbonyl (C=O) groups excluding carboxylic acids is 2. The summed E-state index contributed by atoms with van der Waals surface area (Å²) in [5.41, 5.74) is 14.4. The molecule has 0 bridgehead atoms. The summed E-state index contributed by atoms with van der Waals surface area (Å²) in [7, 11) is 1.82. The number of carboxylic acid groups (broad SMARTS) is 2. The third-order valence-corrected chi connectivity index (χ3v) is 6.37. The number of carbonyl (C=O) groups is 4. The molecule has 230 valence electrons. The molecule has 0 aliphatic rings. The quantitative estimate of drug-likeness (QED) is 0.122. The summed E-state index contributed by atoms with van der Waals surface area (Å²) < 4.78 is 0. The van der Waals surface area contributed by atoms with Gasteiger partial charge in [0.2, 0.25) is 11.9 Å². The van der Waals surface area contributed by atoms with Gasteiger partial charge in [-0.15, -0.1) is 0 Å². The Balaban J connectivity index is 0.00000529. The maximum Gasteiger partial charge on any atom is 0.326 e. The van der Waals surface area contributed by atoms with Crippen molar-refractivity contribution in [1.82, 2.24) is 30.6 Å². The number of hydrogen-bond donors (Lipinski definition) is 6. The largest absolute Gasteiger partial charge is 0.481 e. The predicted octanol–water partition coefficient (Wildman–Crippen LogP) is -0.219. The van der Waals surface area contributed by atoms with E-state index in [4.69, 9.17) is 16.6 Å². The second-order valence-electron chi connectivity index (χ2n) is 9.62. The lowest BCUT2D eigenvalue weighted by Gasteiger charge is -2.22. The monoisotopic (exact) mass is 605 g/mol. The second-order valence-corrected chi connectivity index (χ2v) is 9.62. The molecule has 1 unspecified atom stereocenters. The van der Waals surface area contributed by atoms with Crippen molar-refractivity contribution >= 4 is 52.4 Å². The molecule has 0 saturated heterocycles. The van der Waals surface area contributed by atoms with Gasteiger partial charge < -0.3 is 42.7 Å². The number of amides is 2. The molecule has 0 radical (unpaired) electrons. The third-order valence-electron chi connectivity index (χ3n) is 6.37. The minimum Gasteiger partial charge on any atom is -0.481 e. The normalized spacial score (nSPS) is 11.9. The SMILES string of the molecule is CN(Cc1cnc2nc(N)nc(N)c2n1)c1ccc(C(=O)N[C@@H](Cc2ccccc2)C(=O)NC(CC(=O)O)C(=O)O)cc1.O. The fourth-order valence-corrected chi connectivity index (χ4v) is 4.21. The summed E-state index contributed by atoms with van der Waals surface area (Å²) in [4.78, 5) is 67.2. The van der Waals surface area contributed by atoms with Gasteiger partial charge in [-0.2, -0.15) is 9.97 Å². The minimum atomic E-state index is -1.66. The van der Waals surface area contributed by atoms with Crippen LogP contribution in [-0.2, 0) is 27.3 Å². The number of aromatic nitrogens is 4. The fourth-order valence-electron chi connectivity index (χ4n) is 4.21. The van der Waals surface area contributed by atoms with Crippen molar-refractivity contribution in [3.8, 4) is 0 Å². The van der Waals surface area contributed by atoms with Crippen LogP contribution in [0.2, 0.25) is 0 Å². The number of hydrogen-bond acceptors (Lipinski definition) is 11. The number of nitrogens with one attached hydrogen (secondary N) is 2. The number of benzene rings is 2. The van der Waals surface area contributed by atoms with Gasteiger partial charge in [-0.25, -0.2) is 14.8 Å². The summed E-state index contributed by atoms with van der Waals surface area (Å²) in [5.74, 6) is -4.18. The van der Waals surface area contributed by atoms with Crippen LogP contribution < -0.4 is 27.0 Å². The number of rotatable bonds is 12. The number of nitrogens with zero attached hydrogens (tertiary/aromatic N) is 5. The molecular weight excluding hydrogens is 574 g/mol. The first kappa shape index (κ1) is 32.6. The van der Waals surface area contributed by atoms with Crippen LogP contribution in [-0.4, -0.2) is 78.5 Å². The van der Waals surface area contributed by atoms with Crippen LogP contribution in [0.15, 0.2) is 60.8 Å². The van der Waals surface area contributed by atoms with Crippen molar-refractivity contribution in [2.24, 2.45) is 0 Å². The Bertz CT molecular complexity index is 1650. The van der Waals surface area contributed by atoms with Gasteiger partial charge in [-0.3, -0.25) is 14.4 Å². The van der Waals surface area contributed by atoms with Crippen molar-refractivity contribution in [2.45, 2.75) is 31.5 Å². The van der Waals surface area contributed by atoms with E-state index in [1.54, 1.807) is 60.8 Å².